The average Bonchev–Trinajstić information content (AvgIpc) is 2.90. The van der Waals surface area contributed by atoms with Gasteiger partial charge in [0.15, 0.2) is 6.61 Å². The monoisotopic (exact) mass is 269 g/mol. The Hall–Kier alpha value is -2.36. The predicted molar refractivity (Wildman–Crippen MR) is 75.7 cm³/mol. The van der Waals surface area contributed by atoms with Gasteiger partial charge in [0, 0.05) is 7.05 Å². The van der Waals surface area contributed by atoms with Crippen LogP contribution in [0.1, 0.15) is 21.5 Å². The van der Waals surface area contributed by atoms with Crippen LogP contribution in [0.5, 0.6) is 0 Å². The first-order chi connectivity index (χ1) is 9.70. The first-order valence-electron chi connectivity index (χ1n) is 6.62. The van der Waals surface area contributed by atoms with E-state index in [1.807, 2.05) is 18.2 Å². The molecule has 0 saturated carbocycles. The summed E-state index contributed by atoms with van der Waals surface area (Å²) in [4.78, 5) is 23.3. The minimum atomic E-state index is -0.454. The van der Waals surface area contributed by atoms with Gasteiger partial charge in [0.2, 0.25) is 0 Å². The van der Waals surface area contributed by atoms with Crippen molar-refractivity contribution in [3.8, 4) is 0 Å². The van der Waals surface area contributed by atoms with E-state index in [0.29, 0.717) is 5.56 Å². The molecule has 1 aliphatic carbocycles. The Morgan fingerprint density at radius 1 is 1.15 bits per heavy atom. The van der Waals surface area contributed by atoms with Gasteiger partial charge in [0.1, 0.15) is 0 Å². The van der Waals surface area contributed by atoms with Crippen LogP contribution in [0.4, 0.5) is 0 Å². The highest BCUT2D eigenvalue weighted by Gasteiger charge is 2.19. The van der Waals surface area contributed by atoms with E-state index in [2.05, 4.69) is 11.4 Å². The van der Waals surface area contributed by atoms with E-state index in [-0.39, 0.29) is 12.5 Å². The van der Waals surface area contributed by atoms with Gasteiger partial charge < -0.3 is 10.1 Å². The van der Waals surface area contributed by atoms with Crippen molar-refractivity contribution in [2.75, 3.05) is 13.7 Å². The van der Waals surface area contributed by atoms with Crippen molar-refractivity contribution in [3.63, 3.8) is 0 Å². The smallest absolute Gasteiger partial charge is 0.339 e. The van der Waals surface area contributed by atoms with Crippen molar-refractivity contribution in [2.45, 2.75) is 12.8 Å². The third-order valence-electron chi connectivity index (χ3n) is 3.71. The summed E-state index contributed by atoms with van der Waals surface area (Å²) in [6.45, 7) is -0.252. The van der Waals surface area contributed by atoms with E-state index in [9.17, 15) is 9.59 Å². The van der Waals surface area contributed by atoms with Crippen molar-refractivity contribution >= 4 is 22.6 Å². The molecule has 0 aromatic heterocycles. The summed E-state index contributed by atoms with van der Waals surface area (Å²) in [5, 5.41) is 4.51. The second kappa shape index (κ2) is 4.96. The van der Waals surface area contributed by atoms with Crippen LogP contribution in [0.3, 0.4) is 0 Å². The molecular weight excluding hydrogens is 254 g/mol. The molecular formula is C16H15NO3. The number of esters is 1. The van der Waals surface area contributed by atoms with Gasteiger partial charge >= 0.3 is 5.97 Å². The Bertz CT molecular complexity index is 696. The van der Waals surface area contributed by atoms with Gasteiger partial charge in [-0.25, -0.2) is 4.79 Å². The summed E-state index contributed by atoms with van der Waals surface area (Å²) in [7, 11) is 1.51. The number of nitrogens with one attached hydrogen (secondary N) is 1. The normalized spacial score (nSPS) is 12.4. The highest BCUT2D eigenvalue weighted by Crippen LogP contribution is 2.32. The van der Waals surface area contributed by atoms with Gasteiger partial charge in [-0.3, -0.25) is 4.79 Å². The molecule has 1 amide bonds. The lowest BCUT2D eigenvalue weighted by Crippen LogP contribution is -2.25. The molecule has 4 heteroatoms. The van der Waals surface area contributed by atoms with Crippen molar-refractivity contribution < 1.29 is 14.3 Å². The van der Waals surface area contributed by atoms with Crippen LogP contribution < -0.4 is 5.32 Å². The quantitative estimate of drug-likeness (QED) is 0.865. The van der Waals surface area contributed by atoms with Crippen molar-refractivity contribution in [1.82, 2.24) is 5.32 Å². The minimum absolute atomic E-state index is 0.252. The molecule has 0 saturated heterocycles. The van der Waals surface area contributed by atoms with Gasteiger partial charge in [0.05, 0.1) is 5.56 Å². The van der Waals surface area contributed by atoms with Crippen LogP contribution in [0, 0.1) is 0 Å². The Balaban J connectivity index is 1.97. The van der Waals surface area contributed by atoms with Crippen LogP contribution in [0.15, 0.2) is 30.3 Å². The number of carbonyl (C=O) groups is 2. The van der Waals surface area contributed by atoms with E-state index in [0.717, 1.165) is 18.2 Å². The lowest BCUT2D eigenvalue weighted by molar-refractivity contribution is -0.123. The molecule has 0 radical (unpaired) electrons. The number of hydrogen-bond donors (Lipinski definition) is 1. The second-order valence-corrected chi connectivity index (χ2v) is 4.86. The van der Waals surface area contributed by atoms with Crippen LogP contribution in [-0.2, 0) is 22.4 Å². The molecule has 1 aliphatic rings. The zero-order chi connectivity index (χ0) is 14.1. The van der Waals surface area contributed by atoms with Crippen molar-refractivity contribution in [3.05, 3.63) is 47.0 Å². The van der Waals surface area contributed by atoms with Crippen molar-refractivity contribution in [2.24, 2.45) is 0 Å². The number of rotatable bonds is 3. The van der Waals surface area contributed by atoms with Crippen molar-refractivity contribution in [1.29, 1.82) is 0 Å². The first kappa shape index (κ1) is 12.7. The van der Waals surface area contributed by atoms with Crippen LogP contribution in [0.25, 0.3) is 10.8 Å². The zero-order valence-electron chi connectivity index (χ0n) is 11.2. The maximum absolute atomic E-state index is 12.1. The number of benzene rings is 2. The van der Waals surface area contributed by atoms with E-state index in [4.69, 9.17) is 4.74 Å². The van der Waals surface area contributed by atoms with Gasteiger partial charge in [-0.05, 0) is 40.8 Å². The third-order valence-corrected chi connectivity index (χ3v) is 3.71. The predicted octanol–water partition coefficient (Wildman–Crippen LogP) is 1.84. The highest BCUT2D eigenvalue weighted by atomic mass is 16.5. The van der Waals surface area contributed by atoms with Gasteiger partial charge in [-0.1, -0.05) is 24.3 Å². The molecule has 2 aromatic carbocycles. The number of ether oxygens (including phenoxy) is 1. The molecule has 102 valence electrons. The van der Waals surface area contributed by atoms with E-state index in [1.165, 1.54) is 23.6 Å². The molecule has 0 atom stereocenters. The Kier molecular flexibility index (Phi) is 3.14. The topological polar surface area (TPSA) is 55.4 Å². The molecule has 0 aliphatic heterocycles. The van der Waals surface area contributed by atoms with Crippen LogP contribution in [0.2, 0.25) is 0 Å². The number of hydrogen-bond acceptors (Lipinski definition) is 3. The lowest BCUT2D eigenvalue weighted by Gasteiger charge is -2.08. The zero-order valence-corrected chi connectivity index (χ0v) is 11.2. The molecule has 0 fully saturated rings. The van der Waals surface area contributed by atoms with E-state index >= 15 is 0 Å². The Labute approximate surface area is 116 Å². The minimum Gasteiger partial charge on any atom is -0.452 e. The van der Waals surface area contributed by atoms with E-state index < -0.39 is 5.97 Å². The lowest BCUT2D eigenvalue weighted by atomic mass is 10.00. The number of carbonyl (C=O) groups excluding carboxylic acids is 2. The summed E-state index contributed by atoms with van der Waals surface area (Å²) >= 11 is 0. The number of aryl methyl sites for hydroxylation is 2. The van der Waals surface area contributed by atoms with Gasteiger partial charge in [-0.2, -0.15) is 0 Å². The first-order valence-corrected chi connectivity index (χ1v) is 6.62. The summed E-state index contributed by atoms with van der Waals surface area (Å²) < 4.78 is 5.04. The largest absolute Gasteiger partial charge is 0.452 e. The van der Waals surface area contributed by atoms with E-state index in [1.54, 1.807) is 6.07 Å². The summed E-state index contributed by atoms with van der Waals surface area (Å²) in [6.07, 6.45) is 2.03. The molecule has 3 rings (SSSR count). The maximum Gasteiger partial charge on any atom is 0.339 e. The fourth-order valence-corrected chi connectivity index (χ4v) is 2.71. The fourth-order valence-electron chi connectivity index (χ4n) is 2.71. The fraction of sp³-hybridized carbons (Fsp3) is 0.250. The molecule has 1 N–H and O–H groups in total. The SMILES string of the molecule is CNC(=O)COC(=O)c1ccc2c3c(cccc13)CC2. The molecule has 0 bridgehead atoms. The van der Waals surface area contributed by atoms with Crippen LogP contribution in [-0.4, -0.2) is 25.5 Å². The summed E-state index contributed by atoms with van der Waals surface area (Å²) in [5.74, 6) is -0.770. The molecule has 0 heterocycles. The summed E-state index contributed by atoms with van der Waals surface area (Å²) in [6, 6.07) is 9.76. The van der Waals surface area contributed by atoms with Gasteiger partial charge in [-0.15, -0.1) is 0 Å². The maximum atomic E-state index is 12.1. The Morgan fingerprint density at radius 3 is 2.65 bits per heavy atom. The average molecular weight is 269 g/mol. The summed E-state index contributed by atoms with van der Waals surface area (Å²) in [5.41, 5.74) is 3.08. The standard InChI is InChI=1S/C16H15NO3/c1-17-14(18)9-20-16(19)13-8-7-11-6-5-10-3-2-4-12(13)15(10)11/h2-4,7-8H,5-6,9H2,1H3,(H,17,18). The molecule has 4 nitrogen and oxygen atoms in total. The van der Waals surface area contributed by atoms with Crippen LogP contribution >= 0.6 is 0 Å². The third kappa shape index (κ3) is 2.03. The molecule has 2 aromatic rings. The second-order valence-electron chi connectivity index (χ2n) is 4.86. The van der Waals surface area contributed by atoms with Gasteiger partial charge in [0.25, 0.3) is 5.91 Å². The Morgan fingerprint density at radius 2 is 1.90 bits per heavy atom. The molecule has 20 heavy (non-hydrogen) atoms. The number of likely N-dealkylation sites (N-methyl/N-ethyl adjacent to an activating group) is 1. The molecule has 0 spiro atoms. The number of amides is 1. The highest BCUT2D eigenvalue weighted by molar-refractivity contribution is 6.07. The molecule has 0 unspecified atom stereocenters.